The maximum absolute atomic E-state index is 13.8. The van der Waals surface area contributed by atoms with Gasteiger partial charge in [-0.3, -0.25) is 0 Å². The molecule has 1 atom stereocenters. The number of benzene rings is 1. The number of halogens is 2. The topological polar surface area (TPSA) is 88.3 Å². The highest BCUT2D eigenvalue weighted by Crippen LogP contribution is 2.29. The Kier molecular flexibility index (Phi) is 8.72. The normalized spacial score (nSPS) is 15.5. The summed E-state index contributed by atoms with van der Waals surface area (Å²) in [5, 5.41) is 16.9. The second-order valence-corrected chi connectivity index (χ2v) is 6.79. The first-order valence-electron chi connectivity index (χ1n) is 9.30. The van der Waals surface area contributed by atoms with Gasteiger partial charge in [-0.15, -0.1) is 24.0 Å². The first kappa shape index (κ1) is 23.4. The molecule has 2 heterocycles. The molecule has 0 bridgehead atoms. The average molecular weight is 519 g/mol. The third kappa shape index (κ3) is 6.31. The van der Waals surface area contributed by atoms with Crippen molar-refractivity contribution in [2.24, 2.45) is 4.99 Å². The number of guanidine groups is 1. The van der Waals surface area contributed by atoms with Gasteiger partial charge in [0, 0.05) is 18.7 Å². The zero-order chi connectivity index (χ0) is 20.0. The van der Waals surface area contributed by atoms with Crippen LogP contribution in [0, 0.1) is 5.82 Å². The third-order valence-electron chi connectivity index (χ3n) is 4.38. The van der Waals surface area contributed by atoms with Crippen LogP contribution in [0.2, 0.25) is 0 Å². The van der Waals surface area contributed by atoms with Gasteiger partial charge in [-0.05, 0) is 50.1 Å². The fraction of sp³-hybridized carbons (Fsp3) is 0.450. The van der Waals surface area contributed by atoms with Gasteiger partial charge in [0.15, 0.2) is 12.8 Å². The summed E-state index contributed by atoms with van der Waals surface area (Å²) in [6, 6.07) is 6.36. The lowest BCUT2D eigenvalue weighted by atomic mass is 10.0. The first-order chi connectivity index (χ1) is 13.5. The zero-order valence-electron chi connectivity index (χ0n) is 16.5. The maximum Gasteiger partial charge on any atom is 0.191 e. The van der Waals surface area contributed by atoms with Crippen molar-refractivity contribution in [3.8, 4) is 5.75 Å². The van der Waals surface area contributed by atoms with Crippen LogP contribution in [0.5, 0.6) is 5.75 Å². The molecule has 0 spiro atoms. The van der Waals surface area contributed by atoms with Crippen LogP contribution in [0.1, 0.15) is 30.7 Å². The number of aliphatic hydroxyl groups is 1. The van der Waals surface area contributed by atoms with Crippen LogP contribution >= 0.6 is 24.0 Å². The first-order valence-corrected chi connectivity index (χ1v) is 9.30. The molecule has 160 valence electrons. The molecule has 9 heteroatoms. The average Bonchev–Trinajstić information content (AvgIpc) is 3.22. The van der Waals surface area contributed by atoms with Crippen molar-refractivity contribution in [1.82, 2.24) is 10.6 Å². The number of ether oxygens (including phenoxy) is 2. The molecule has 0 radical (unpaired) electrons. The van der Waals surface area contributed by atoms with Gasteiger partial charge in [-0.1, -0.05) is 0 Å². The quantitative estimate of drug-likeness (QED) is 0.296. The summed E-state index contributed by atoms with van der Waals surface area (Å²) in [6.07, 6.45) is 2.07. The summed E-state index contributed by atoms with van der Waals surface area (Å²) in [4.78, 5) is 4.44. The Morgan fingerprint density at radius 2 is 2.17 bits per heavy atom. The number of furan rings is 1. The monoisotopic (exact) mass is 519 g/mol. The minimum absolute atomic E-state index is 0. The summed E-state index contributed by atoms with van der Waals surface area (Å²) < 4.78 is 29.9. The van der Waals surface area contributed by atoms with Gasteiger partial charge < -0.3 is 29.6 Å². The van der Waals surface area contributed by atoms with Crippen molar-refractivity contribution >= 4 is 29.9 Å². The van der Waals surface area contributed by atoms with E-state index in [0.29, 0.717) is 43.6 Å². The molecule has 0 saturated heterocycles. The predicted molar refractivity (Wildman–Crippen MR) is 118 cm³/mol. The van der Waals surface area contributed by atoms with Gasteiger partial charge in [0.2, 0.25) is 0 Å². The van der Waals surface area contributed by atoms with Crippen LogP contribution in [0.25, 0.3) is 0 Å². The molecule has 1 aromatic heterocycles. The molecule has 1 aliphatic rings. The van der Waals surface area contributed by atoms with E-state index in [9.17, 15) is 9.50 Å². The minimum Gasteiger partial charge on any atom is -0.467 e. The SMILES string of the molecule is CCNC(=NCC(C)(O)c1ccco1)NCCc1cc(F)cc2c1OCOC2.I. The Morgan fingerprint density at radius 3 is 2.90 bits per heavy atom. The van der Waals surface area contributed by atoms with E-state index in [-0.39, 0.29) is 43.1 Å². The molecule has 1 unspecified atom stereocenters. The number of nitrogens with one attached hydrogen (secondary N) is 2. The number of hydrogen-bond donors (Lipinski definition) is 3. The lowest BCUT2D eigenvalue weighted by Gasteiger charge is -2.21. The minimum atomic E-state index is -1.21. The molecule has 1 aliphatic heterocycles. The van der Waals surface area contributed by atoms with Crippen molar-refractivity contribution < 1.29 is 23.4 Å². The molecule has 0 fully saturated rings. The lowest BCUT2D eigenvalue weighted by Crippen LogP contribution is -2.39. The Morgan fingerprint density at radius 1 is 1.34 bits per heavy atom. The van der Waals surface area contributed by atoms with Gasteiger partial charge in [0.05, 0.1) is 19.4 Å². The van der Waals surface area contributed by atoms with Crippen molar-refractivity contribution in [1.29, 1.82) is 0 Å². The van der Waals surface area contributed by atoms with Crippen LogP contribution in [0.4, 0.5) is 4.39 Å². The number of fused-ring (bicyclic) bond motifs is 1. The van der Waals surface area contributed by atoms with Gasteiger partial charge in [-0.25, -0.2) is 9.38 Å². The lowest BCUT2D eigenvalue weighted by molar-refractivity contribution is -0.0172. The Hall–Kier alpha value is -1.85. The van der Waals surface area contributed by atoms with E-state index in [2.05, 4.69) is 15.6 Å². The second-order valence-electron chi connectivity index (χ2n) is 6.79. The molecule has 29 heavy (non-hydrogen) atoms. The van der Waals surface area contributed by atoms with Crippen LogP contribution in [-0.2, 0) is 23.4 Å². The molecule has 3 rings (SSSR count). The third-order valence-corrected chi connectivity index (χ3v) is 4.38. The molecule has 0 amide bonds. The summed E-state index contributed by atoms with van der Waals surface area (Å²) in [5.41, 5.74) is 0.293. The van der Waals surface area contributed by atoms with Gasteiger partial charge in [-0.2, -0.15) is 0 Å². The summed E-state index contributed by atoms with van der Waals surface area (Å²) >= 11 is 0. The summed E-state index contributed by atoms with van der Waals surface area (Å²) in [6.45, 7) is 5.45. The number of aliphatic imine (C=N–C) groups is 1. The highest BCUT2D eigenvalue weighted by Gasteiger charge is 2.26. The molecule has 2 aromatic rings. The highest BCUT2D eigenvalue weighted by molar-refractivity contribution is 14.0. The van der Waals surface area contributed by atoms with E-state index in [0.717, 1.165) is 11.1 Å². The number of rotatable bonds is 7. The van der Waals surface area contributed by atoms with Gasteiger partial charge in [0.25, 0.3) is 0 Å². The van der Waals surface area contributed by atoms with Crippen molar-refractivity contribution in [2.75, 3.05) is 26.4 Å². The molecular formula is C20H27FIN3O4. The van der Waals surface area contributed by atoms with E-state index < -0.39 is 5.60 Å². The highest BCUT2D eigenvalue weighted by atomic mass is 127. The van der Waals surface area contributed by atoms with Gasteiger partial charge in [0.1, 0.15) is 22.9 Å². The second kappa shape index (κ2) is 10.8. The molecular weight excluding hydrogens is 492 g/mol. The zero-order valence-corrected chi connectivity index (χ0v) is 18.9. The van der Waals surface area contributed by atoms with E-state index in [1.807, 2.05) is 6.92 Å². The van der Waals surface area contributed by atoms with E-state index in [4.69, 9.17) is 13.9 Å². The Labute approximate surface area is 186 Å². The van der Waals surface area contributed by atoms with Crippen molar-refractivity contribution in [2.45, 2.75) is 32.5 Å². The fourth-order valence-corrected chi connectivity index (χ4v) is 3.00. The molecule has 3 N–H and O–H groups in total. The predicted octanol–water partition coefficient (Wildman–Crippen LogP) is 2.91. The molecule has 0 aliphatic carbocycles. The summed E-state index contributed by atoms with van der Waals surface area (Å²) in [5.74, 6) is 1.40. The Bertz CT molecular complexity index is 812. The Balaban J connectivity index is 0.00000300. The smallest absolute Gasteiger partial charge is 0.191 e. The molecule has 0 saturated carbocycles. The van der Waals surface area contributed by atoms with Crippen molar-refractivity contribution in [3.63, 3.8) is 0 Å². The van der Waals surface area contributed by atoms with Crippen LogP contribution < -0.4 is 15.4 Å². The van der Waals surface area contributed by atoms with Crippen molar-refractivity contribution in [3.05, 3.63) is 53.2 Å². The van der Waals surface area contributed by atoms with E-state index >= 15 is 0 Å². The number of nitrogens with zero attached hydrogens (tertiary/aromatic N) is 1. The van der Waals surface area contributed by atoms with Crippen LogP contribution in [0.15, 0.2) is 39.9 Å². The maximum atomic E-state index is 13.8. The summed E-state index contributed by atoms with van der Waals surface area (Å²) in [7, 11) is 0. The van der Waals surface area contributed by atoms with Crippen LogP contribution in [0.3, 0.4) is 0 Å². The van der Waals surface area contributed by atoms with Gasteiger partial charge >= 0.3 is 0 Å². The van der Waals surface area contributed by atoms with Crippen LogP contribution in [-0.4, -0.2) is 37.5 Å². The molecule has 7 nitrogen and oxygen atoms in total. The molecule has 1 aromatic carbocycles. The fourth-order valence-electron chi connectivity index (χ4n) is 3.00. The standard InChI is InChI=1S/C20H26FN3O4.HI/c1-3-22-19(24-12-20(2,25)17-5-4-8-27-17)23-7-6-14-9-16(21)10-15-11-26-13-28-18(14)15;/h4-5,8-10,25H,3,6-7,11-13H2,1-2H3,(H2,22,23,24);1H. The number of hydrogen-bond acceptors (Lipinski definition) is 5. The largest absolute Gasteiger partial charge is 0.467 e. The van der Waals surface area contributed by atoms with E-state index in [1.54, 1.807) is 19.1 Å². The van der Waals surface area contributed by atoms with E-state index in [1.165, 1.54) is 18.4 Å².